The quantitative estimate of drug-likeness (QED) is 0.326. The second-order valence-electron chi connectivity index (χ2n) is 8.21. The zero-order chi connectivity index (χ0) is 26.1. The fourth-order valence-corrected chi connectivity index (χ4v) is 5.20. The van der Waals surface area contributed by atoms with Crippen LogP contribution in [0.3, 0.4) is 0 Å². The van der Waals surface area contributed by atoms with Crippen molar-refractivity contribution in [3.05, 3.63) is 95.3 Å². The highest BCUT2D eigenvalue weighted by molar-refractivity contribution is 7.22. The van der Waals surface area contributed by atoms with Crippen molar-refractivity contribution in [1.29, 1.82) is 0 Å². The number of benzene rings is 3. The van der Waals surface area contributed by atoms with Crippen molar-refractivity contribution in [3.8, 4) is 17.2 Å². The van der Waals surface area contributed by atoms with Crippen LogP contribution in [0.4, 0.5) is 5.13 Å². The molecule has 1 aromatic heterocycles. The predicted molar refractivity (Wildman–Crippen MR) is 141 cm³/mol. The summed E-state index contributed by atoms with van der Waals surface area (Å²) in [5, 5.41) is 21.4. The smallest absolute Gasteiger partial charge is 0.296 e. The first kappa shape index (κ1) is 24.1. The average molecular weight is 515 g/mol. The molecule has 2 N–H and O–H groups in total. The number of nitrogens with zero attached hydrogens (tertiary/aromatic N) is 2. The van der Waals surface area contributed by atoms with E-state index in [4.69, 9.17) is 9.47 Å². The molecule has 1 aliphatic rings. The predicted octanol–water partition coefficient (Wildman–Crippen LogP) is 5.20. The van der Waals surface area contributed by atoms with Crippen LogP contribution in [0.25, 0.3) is 16.3 Å². The maximum atomic E-state index is 13.4. The summed E-state index contributed by atoms with van der Waals surface area (Å²) in [6, 6.07) is 18.1. The Morgan fingerprint density at radius 3 is 2.54 bits per heavy atom. The number of aliphatic hydroxyl groups excluding tert-OH is 1. The van der Waals surface area contributed by atoms with Gasteiger partial charge in [-0.25, -0.2) is 4.98 Å². The number of fused-ring (bicyclic) bond motifs is 1. The van der Waals surface area contributed by atoms with Gasteiger partial charge in [-0.2, -0.15) is 0 Å². The van der Waals surface area contributed by atoms with Gasteiger partial charge in [0.1, 0.15) is 5.75 Å². The van der Waals surface area contributed by atoms with Crippen LogP contribution >= 0.6 is 11.3 Å². The van der Waals surface area contributed by atoms with Gasteiger partial charge in [-0.15, -0.1) is 0 Å². The number of allylic oxidation sites excluding steroid dienone is 1. The number of anilines is 1. The molecular weight excluding hydrogens is 492 g/mol. The summed E-state index contributed by atoms with van der Waals surface area (Å²) in [5.41, 5.74) is 1.79. The fourth-order valence-electron chi connectivity index (χ4n) is 4.18. The van der Waals surface area contributed by atoms with E-state index in [-0.39, 0.29) is 17.1 Å². The van der Waals surface area contributed by atoms with E-state index >= 15 is 0 Å². The van der Waals surface area contributed by atoms with E-state index in [9.17, 15) is 19.8 Å². The minimum atomic E-state index is -1.00. The number of phenols is 1. The van der Waals surface area contributed by atoms with E-state index in [0.717, 1.165) is 10.3 Å². The number of aromatic hydroxyl groups is 1. The highest BCUT2D eigenvalue weighted by Crippen LogP contribution is 2.45. The molecule has 8 nitrogen and oxygen atoms in total. The van der Waals surface area contributed by atoms with Gasteiger partial charge in [0.25, 0.3) is 5.91 Å². The summed E-state index contributed by atoms with van der Waals surface area (Å²) in [7, 11) is 2.96. The van der Waals surface area contributed by atoms with Crippen LogP contribution in [0.2, 0.25) is 0 Å². The van der Waals surface area contributed by atoms with Gasteiger partial charge >= 0.3 is 0 Å². The lowest BCUT2D eigenvalue weighted by molar-refractivity contribution is -0.117. The Bertz CT molecular complexity index is 1570. The lowest BCUT2D eigenvalue weighted by atomic mass is 9.95. The molecule has 1 amide bonds. The Balaban J connectivity index is 1.63. The lowest BCUT2D eigenvalue weighted by Crippen LogP contribution is -2.30. The molecule has 0 spiro atoms. The summed E-state index contributed by atoms with van der Waals surface area (Å²) in [6.45, 7) is 0. The number of hydrogen-bond acceptors (Lipinski definition) is 8. The minimum Gasteiger partial charge on any atom is -0.504 e. The molecule has 0 radical (unpaired) electrons. The number of thiazole rings is 1. The second kappa shape index (κ2) is 9.79. The molecular formula is C28H22N2O6S. The van der Waals surface area contributed by atoms with Crippen molar-refractivity contribution in [2.24, 2.45) is 0 Å². The van der Waals surface area contributed by atoms with Gasteiger partial charge in [0, 0.05) is 0 Å². The number of methoxy groups -OCH3 is 2. The Hall–Kier alpha value is -4.63. The largest absolute Gasteiger partial charge is 0.504 e. The van der Waals surface area contributed by atoms with E-state index < -0.39 is 23.5 Å². The molecule has 1 unspecified atom stereocenters. The molecule has 0 fully saturated rings. The SMILES string of the molecule is COc1ccc2nc(N3C(=O)C(O)=C(C(=O)C=Cc4ccccc4)C3c3ccc(O)c(OC)c3)sc2c1. The van der Waals surface area contributed by atoms with E-state index in [0.29, 0.717) is 22.0 Å². The maximum absolute atomic E-state index is 13.4. The molecule has 0 saturated heterocycles. The summed E-state index contributed by atoms with van der Waals surface area (Å²) < 4.78 is 11.3. The molecule has 0 saturated carbocycles. The van der Waals surface area contributed by atoms with E-state index in [2.05, 4.69) is 4.98 Å². The number of carbonyl (C=O) groups excluding carboxylic acids is 2. The van der Waals surface area contributed by atoms with Crippen molar-refractivity contribution in [1.82, 2.24) is 4.98 Å². The molecule has 0 aliphatic carbocycles. The molecule has 1 atom stereocenters. The Morgan fingerprint density at radius 2 is 1.81 bits per heavy atom. The van der Waals surface area contributed by atoms with Crippen LogP contribution < -0.4 is 14.4 Å². The highest BCUT2D eigenvalue weighted by Gasteiger charge is 2.45. The van der Waals surface area contributed by atoms with Crippen LogP contribution in [0.1, 0.15) is 17.2 Å². The maximum Gasteiger partial charge on any atom is 0.296 e. The van der Waals surface area contributed by atoms with Crippen LogP contribution in [-0.2, 0) is 9.59 Å². The zero-order valence-electron chi connectivity index (χ0n) is 19.9. The number of aliphatic hydroxyl groups is 1. The van der Waals surface area contributed by atoms with Gasteiger partial charge in [0.2, 0.25) is 0 Å². The molecule has 2 heterocycles. The van der Waals surface area contributed by atoms with Gasteiger partial charge < -0.3 is 19.7 Å². The van der Waals surface area contributed by atoms with Gasteiger partial charge in [0.05, 0.1) is 36.1 Å². The highest BCUT2D eigenvalue weighted by atomic mass is 32.1. The Morgan fingerprint density at radius 1 is 1.03 bits per heavy atom. The lowest BCUT2D eigenvalue weighted by Gasteiger charge is -2.24. The van der Waals surface area contributed by atoms with Crippen molar-refractivity contribution >= 4 is 44.5 Å². The first-order valence-electron chi connectivity index (χ1n) is 11.3. The molecule has 3 aromatic carbocycles. The van der Waals surface area contributed by atoms with Gasteiger partial charge in [-0.3, -0.25) is 14.5 Å². The molecule has 1 aliphatic heterocycles. The first-order valence-corrected chi connectivity index (χ1v) is 12.1. The van der Waals surface area contributed by atoms with E-state index in [1.54, 1.807) is 37.5 Å². The normalized spacial score (nSPS) is 15.7. The molecule has 0 bridgehead atoms. The second-order valence-corrected chi connectivity index (χ2v) is 9.22. The first-order chi connectivity index (χ1) is 17.9. The summed E-state index contributed by atoms with van der Waals surface area (Å²) in [5.74, 6) is -1.23. The molecule has 37 heavy (non-hydrogen) atoms. The Kier molecular flexibility index (Phi) is 6.37. The number of ether oxygens (including phenoxy) is 2. The van der Waals surface area contributed by atoms with Gasteiger partial charge in [-0.05, 0) is 47.5 Å². The van der Waals surface area contributed by atoms with Crippen LogP contribution in [0.5, 0.6) is 17.2 Å². The number of hydrogen-bond donors (Lipinski definition) is 2. The number of amides is 1. The summed E-state index contributed by atoms with van der Waals surface area (Å²) in [6.07, 6.45) is 2.94. The van der Waals surface area contributed by atoms with Crippen LogP contribution in [-0.4, -0.2) is 41.1 Å². The van der Waals surface area contributed by atoms with Gasteiger partial charge in [-0.1, -0.05) is 53.8 Å². The van der Waals surface area contributed by atoms with Crippen LogP contribution in [0.15, 0.2) is 84.1 Å². The van der Waals surface area contributed by atoms with E-state index in [1.165, 1.54) is 41.6 Å². The van der Waals surface area contributed by atoms with Gasteiger partial charge in [0.15, 0.2) is 28.2 Å². The van der Waals surface area contributed by atoms with Crippen molar-refractivity contribution in [2.75, 3.05) is 19.1 Å². The minimum absolute atomic E-state index is 0.0956. The fraction of sp³-hybridized carbons (Fsp3) is 0.107. The molecule has 186 valence electrons. The van der Waals surface area contributed by atoms with E-state index in [1.807, 2.05) is 30.3 Å². The third-order valence-corrected chi connectivity index (χ3v) is 7.03. The molecule has 5 rings (SSSR count). The Labute approximate surface area is 216 Å². The number of rotatable bonds is 7. The topological polar surface area (TPSA) is 109 Å². The van der Waals surface area contributed by atoms with Crippen LogP contribution in [0, 0.1) is 0 Å². The van der Waals surface area contributed by atoms with Crippen molar-refractivity contribution < 1.29 is 29.3 Å². The third-order valence-electron chi connectivity index (χ3n) is 6.01. The standard InChI is InChI=1S/C28H22N2O6S/c1-35-18-10-11-19-23(15-18)37-28(29-19)30-25(17-9-13-20(31)22(14-17)36-2)24(26(33)27(30)34)21(32)12-8-16-6-4-3-5-7-16/h3-15,25,31,33H,1-2H3. The number of aromatic nitrogens is 1. The summed E-state index contributed by atoms with van der Waals surface area (Å²) in [4.78, 5) is 32.7. The molecule has 9 heteroatoms. The number of phenolic OH excluding ortho intramolecular Hbond substituents is 1. The third kappa shape index (κ3) is 4.41. The number of ketones is 1. The monoisotopic (exact) mass is 514 g/mol. The van der Waals surface area contributed by atoms with Crippen molar-refractivity contribution in [2.45, 2.75) is 6.04 Å². The van der Waals surface area contributed by atoms with Crippen molar-refractivity contribution in [3.63, 3.8) is 0 Å². The number of carbonyl (C=O) groups is 2. The average Bonchev–Trinajstić information content (AvgIpc) is 3.45. The molecule has 4 aromatic rings. The zero-order valence-corrected chi connectivity index (χ0v) is 20.7. The summed E-state index contributed by atoms with van der Waals surface area (Å²) >= 11 is 1.23.